The van der Waals surface area contributed by atoms with Crippen molar-refractivity contribution in [3.05, 3.63) is 96.1 Å². The molecule has 0 fully saturated rings. The molecular formula is C25H28N2OS. The van der Waals surface area contributed by atoms with Gasteiger partial charge in [0.25, 0.3) is 5.91 Å². The molecule has 3 aromatic rings. The Morgan fingerprint density at radius 1 is 0.931 bits per heavy atom. The number of hydrogen-bond acceptors (Lipinski definition) is 3. The SMILES string of the molecule is CCC(Sc1ccc(NC(=O)c2ccccc2)cc1)N(C)CCc1ccccc1. The van der Waals surface area contributed by atoms with Crippen molar-refractivity contribution in [3.8, 4) is 0 Å². The highest BCUT2D eigenvalue weighted by Gasteiger charge is 2.14. The molecule has 3 nitrogen and oxygen atoms in total. The maximum Gasteiger partial charge on any atom is 0.255 e. The van der Waals surface area contributed by atoms with Crippen molar-refractivity contribution in [2.24, 2.45) is 0 Å². The van der Waals surface area contributed by atoms with Crippen LogP contribution in [0.25, 0.3) is 0 Å². The summed E-state index contributed by atoms with van der Waals surface area (Å²) in [5.41, 5.74) is 2.85. The number of hydrogen-bond donors (Lipinski definition) is 1. The van der Waals surface area contributed by atoms with Crippen molar-refractivity contribution < 1.29 is 4.79 Å². The molecular weight excluding hydrogens is 376 g/mol. The van der Waals surface area contributed by atoms with E-state index in [1.54, 1.807) is 0 Å². The number of carbonyl (C=O) groups excluding carboxylic acids is 1. The summed E-state index contributed by atoms with van der Waals surface area (Å²) in [7, 11) is 2.19. The quantitative estimate of drug-likeness (QED) is 0.354. The second kappa shape index (κ2) is 10.8. The van der Waals surface area contributed by atoms with Gasteiger partial charge in [0, 0.05) is 22.7 Å². The number of amides is 1. The van der Waals surface area contributed by atoms with E-state index in [1.807, 2.05) is 54.2 Å². The van der Waals surface area contributed by atoms with Crippen molar-refractivity contribution >= 4 is 23.4 Å². The van der Waals surface area contributed by atoms with E-state index in [-0.39, 0.29) is 5.91 Å². The summed E-state index contributed by atoms with van der Waals surface area (Å²) in [6, 6.07) is 28.0. The molecule has 150 valence electrons. The molecule has 3 aromatic carbocycles. The highest BCUT2D eigenvalue weighted by atomic mass is 32.2. The number of nitrogens with one attached hydrogen (secondary N) is 1. The lowest BCUT2D eigenvalue weighted by atomic mass is 10.1. The predicted molar refractivity (Wildman–Crippen MR) is 124 cm³/mol. The zero-order valence-corrected chi connectivity index (χ0v) is 17.9. The fourth-order valence-electron chi connectivity index (χ4n) is 3.15. The van der Waals surface area contributed by atoms with Gasteiger partial charge < -0.3 is 5.32 Å². The zero-order valence-electron chi connectivity index (χ0n) is 17.0. The Morgan fingerprint density at radius 2 is 1.55 bits per heavy atom. The standard InChI is InChI=1S/C25H28N2OS/c1-3-24(27(2)19-18-20-10-6-4-7-11-20)29-23-16-14-22(15-17-23)26-25(28)21-12-8-5-9-13-21/h4-17,24H,3,18-19H2,1-2H3,(H,26,28). The molecule has 4 heteroatoms. The molecule has 1 N–H and O–H groups in total. The Labute approximate surface area is 178 Å². The van der Waals surface area contributed by atoms with Crippen LogP contribution in [0.3, 0.4) is 0 Å². The largest absolute Gasteiger partial charge is 0.322 e. The molecule has 0 aliphatic rings. The number of benzene rings is 3. The van der Waals surface area contributed by atoms with E-state index < -0.39 is 0 Å². The van der Waals surface area contributed by atoms with Gasteiger partial charge in [0.15, 0.2) is 0 Å². The maximum absolute atomic E-state index is 12.3. The van der Waals surface area contributed by atoms with E-state index in [0.717, 1.165) is 25.1 Å². The van der Waals surface area contributed by atoms with Gasteiger partial charge in [0.05, 0.1) is 5.37 Å². The molecule has 0 aliphatic carbocycles. The maximum atomic E-state index is 12.3. The Morgan fingerprint density at radius 3 is 2.17 bits per heavy atom. The van der Waals surface area contributed by atoms with Crippen molar-refractivity contribution in [3.63, 3.8) is 0 Å². The van der Waals surface area contributed by atoms with Crippen LogP contribution in [0, 0.1) is 0 Å². The highest BCUT2D eigenvalue weighted by molar-refractivity contribution is 7.99. The van der Waals surface area contributed by atoms with Gasteiger partial charge in [-0.2, -0.15) is 0 Å². The third-order valence-corrected chi connectivity index (χ3v) is 6.37. The average Bonchev–Trinajstić information content (AvgIpc) is 2.78. The van der Waals surface area contributed by atoms with Gasteiger partial charge in [-0.1, -0.05) is 55.5 Å². The number of nitrogens with zero attached hydrogens (tertiary/aromatic N) is 1. The lowest BCUT2D eigenvalue weighted by molar-refractivity contribution is 0.102. The van der Waals surface area contributed by atoms with Crippen molar-refractivity contribution in [1.82, 2.24) is 4.90 Å². The van der Waals surface area contributed by atoms with Crippen molar-refractivity contribution in [2.45, 2.75) is 30.0 Å². The van der Waals surface area contributed by atoms with Crippen molar-refractivity contribution in [2.75, 3.05) is 18.9 Å². The first-order valence-corrected chi connectivity index (χ1v) is 10.9. The second-order valence-electron chi connectivity index (χ2n) is 7.04. The minimum Gasteiger partial charge on any atom is -0.322 e. The van der Waals surface area contributed by atoms with Crippen LogP contribution >= 0.6 is 11.8 Å². The van der Waals surface area contributed by atoms with Crippen molar-refractivity contribution in [1.29, 1.82) is 0 Å². The van der Waals surface area contributed by atoms with E-state index in [4.69, 9.17) is 0 Å². The third-order valence-electron chi connectivity index (χ3n) is 4.86. The average molecular weight is 405 g/mol. The van der Waals surface area contributed by atoms with Crippen LogP contribution < -0.4 is 5.32 Å². The fraction of sp³-hybridized carbons (Fsp3) is 0.240. The molecule has 0 aliphatic heterocycles. The molecule has 0 bridgehead atoms. The number of rotatable bonds is 9. The van der Waals surface area contributed by atoms with Gasteiger partial charge in [0.2, 0.25) is 0 Å². The van der Waals surface area contributed by atoms with Crippen LogP contribution in [0.4, 0.5) is 5.69 Å². The normalized spacial score (nSPS) is 12.0. The van der Waals surface area contributed by atoms with Gasteiger partial charge in [-0.3, -0.25) is 9.69 Å². The van der Waals surface area contributed by atoms with E-state index >= 15 is 0 Å². The van der Waals surface area contributed by atoms with Crippen LogP contribution in [0.2, 0.25) is 0 Å². The lowest BCUT2D eigenvalue weighted by Gasteiger charge is -2.26. The predicted octanol–water partition coefficient (Wildman–Crippen LogP) is 5.94. The molecule has 1 unspecified atom stereocenters. The summed E-state index contributed by atoms with van der Waals surface area (Å²) in [5, 5.41) is 3.38. The van der Waals surface area contributed by atoms with Crippen LogP contribution in [0.5, 0.6) is 0 Å². The van der Waals surface area contributed by atoms with E-state index in [0.29, 0.717) is 10.9 Å². The molecule has 1 atom stereocenters. The van der Waals surface area contributed by atoms with E-state index in [1.165, 1.54) is 10.5 Å². The zero-order chi connectivity index (χ0) is 20.5. The van der Waals surface area contributed by atoms with Crippen LogP contribution in [0.15, 0.2) is 89.8 Å². The first-order chi connectivity index (χ1) is 14.2. The van der Waals surface area contributed by atoms with Gasteiger partial charge >= 0.3 is 0 Å². The minimum atomic E-state index is -0.0851. The highest BCUT2D eigenvalue weighted by Crippen LogP contribution is 2.28. The summed E-state index contributed by atoms with van der Waals surface area (Å²) in [6.07, 6.45) is 2.13. The summed E-state index contributed by atoms with van der Waals surface area (Å²) >= 11 is 1.87. The summed E-state index contributed by atoms with van der Waals surface area (Å²) < 4.78 is 0. The van der Waals surface area contributed by atoms with E-state index in [9.17, 15) is 4.79 Å². The molecule has 29 heavy (non-hydrogen) atoms. The third kappa shape index (κ3) is 6.48. The number of carbonyl (C=O) groups is 1. The fourth-order valence-corrected chi connectivity index (χ4v) is 4.21. The Balaban J connectivity index is 1.53. The monoisotopic (exact) mass is 404 g/mol. The smallest absolute Gasteiger partial charge is 0.255 e. The summed E-state index contributed by atoms with van der Waals surface area (Å²) in [4.78, 5) is 15.9. The van der Waals surface area contributed by atoms with E-state index in [2.05, 4.69) is 66.7 Å². The first kappa shape index (κ1) is 21.2. The number of likely N-dealkylation sites (N-methyl/N-ethyl adjacent to an activating group) is 1. The molecule has 0 saturated heterocycles. The number of thioether (sulfide) groups is 1. The Hall–Kier alpha value is -2.56. The topological polar surface area (TPSA) is 32.3 Å². The van der Waals surface area contributed by atoms with Gasteiger partial charge in [-0.25, -0.2) is 0 Å². The lowest BCUT2D eigenvalue weighted by Crippen LogP contribution is -2.30. The molecule has 0 radical (unpaired) electrons. The minimum absolute atomic E-state index is 0.0851. The molecule has 0 saturated carbocycles. The molecule has 0 spiro atoms. The van der Waals surface area contributed by atoms with Crippen LogP contribution in [-0.2, 0) is 6.42 Å². The van der Waals surface area contributed by atoms with Crippen LogP contribution in [-0.4, -0.2) is 29.8 Å². The molecule has 0 heterocycles. The summed E-state index contributed by atoms with van der Waals surface area (Å²) in [6.45, 7) is 3.26. The van der Waals surface area contributed by atoms with Crippen LogP contribution in [0.1, 0.15) is 29.3 Å². The molecule has 1 amide bonds. The van der Waals surface area contributed by atoms with Gasteiger partial charge in [-0.15, -0.1) is 11.8 Å². The first-order valence-electron chi connectivity index (χ1n) is 10.0. The summed E-state index contributed by atoms with van der Waals surface area (Å²) in [5.74, 6) is -0.0851. The molecule has 0 aromatic heterocycles. The van der Waals surface area contributed by atoms with Gasteiger partial charge in [0.1, 0.15) is 0 Å². The molecule has 3 rings (SSSR count). The van der Waals surface area contributed by atoms with Gasteiger partial charge in [-0.05, 0) is 61.9 Å². The Kier molecular flexibility index (Phi) is 7.91. The number of anilines is 1. The Bertz CT molecular complexity index is 882. The second-order valence-corrected chi connectivity index (χ2v) is 8.29.